The zero-order chi connectivity index (χ0) is 32.8. The van der Waals surface area contributed by atoms with Crippen molar-refractivity contribution in [3.05, 3.63) is 33.0 Å². The number of hydrogen-bond donors (Lipinski definition) is 2. The summed E-state index contributed by atoms with van der Waals surface area (Å²) >= 11 is 0. The number of methoxy groups -OCH3 is 2. The molecule has 1 aliphatic carbocycles. The third-order valence-corrected chi connectivity index (χ3v) is 6.53. The molecule has 15 nitrogen and oxygen atoms in total. The van der Waals surface area contributed by atoms with Crippen LogP contribution in [-0.2, 0) is 38.0 Å². The van der Waals surface area contributed by atoms with Crippen LogP contribution in [0.5, 0.6) is 5.75 Å². The minimum atomic E-state index is -0.898. The molecular weight excluding hydrogens is 594 g/mol. The Hall–Kier alpha value is -3.86. The third kappa shape index (κ3) is 9.81. The summed E-state index contributed by atoms with van der Waals surface area (Å²) in [6.07, 6.45) is -0.0669. The average molecular weight is 636 g/mol. The Morgan fingerprint density at radius 3 is 1.96 bits per heavy atom. The lowest BCUT2D eigenvalue weighted by Gasteiger charge is -2.17. The van der Waals surface area contributed by atoms with Gasteiger partial charge in [0.05, 0.1) is 78.2 Å². The van der Waals surface area contributed by atoms with E-state index in [9.17, 15) is 14.4 Å². The monoisotopic (exact) mass is 635 g/mol. The number of hydrogen-bond acceptors (Lipinski definition) is 15. The van der Waals surface area contributed by atoms with Crippen LogP contribution in [-0.4, -0.2) is 104 Å². The topological polar surface area (TPSA) is 203 Å². The maximum absolute atomic E-state index is 13.2. The van der Waals surface area contributed by atoms with Gasteiger partial charge in [0.25, 0.3) is 0 Å². The lowest BCUT2D eigenvalue weighted by atomic mass is 10.0. The minimum absolute atomic E-state index is 0.00508. The second-order valence-electron chi connectivity index (χ2n) is 9.70. The molecule has 0 bridgehead atoms. The molecule has 0 atom stereocenters. The molecule has 4 N–H and O–H groups in total. The van der Waals surface area contributed by atoms with Crippen molar-refractivity contribution in [1.29, 1.82) is 0 Å². The van der Waals surface area contributed by atoms with Gasteiger partial charge in [0.15, 0.2) is 17.1 Å². The van der Waals surface area contributed by atoms with Crippen molar-refractivity contribution in [3.8, 4) is 17.2 Å². The summed E-state index contributed by atoms with van der Waals surface area (Å²) < 4.78 is 48.3. The number of esters is 2. The summed E-state index contributed by atoms with van der Waals surface area (Å²) in [6, 6.07) is 1.43. The molecule has 0 radical (unpaired) electrons. The zero-order valence-corrected chi connectivity index (χ0v) is 26.1. The van der Waals surface area contributed by atoms with Crippen molar-refractivity contribution in [2.75, 3.05) is 98.4 Å². The van der Waals surface area contributed by atoms with Crippen LogP contribution in [0.4, 0.5) is 11.4 Å². The molecule has 0 fully saturated rings. The fourth-order valence-corrected chi connectivity index (χ4v) is 4.06. The number of ether oxygens (including phenoxy) is 8. The summed E-state index contributed by atoms with van der Waals surface area (Å²) in [6.45, 7) is 6.34. The van der Waals surface area contributed by atoms with Gasteiger partial charge in [-0.1, -0.05) is 0 Å². The summed E-state index contributed by atoms with van der Waals surface area (Å²) in [5.74, 6) is -1.50. The number of carbonyl (C=O) groups is 2. The highest BCUT2D eigenvalue weighted by Gasteiger charge is 2.30. The van der Waals surface area contributed by atoms with Gasteiger partial charge in [0, 0.05) is 37.1 Å². The first-order valence-corrected chi connectivity index (χ1v) is 14.3. The van der Waals surface area contributed by atoms with E-state index in [1.165, 1.54) is 13.0 Å². The number of benzene rings is 2. The quantitative estimate of drug-likeness (QED) is 0.0598. The molecule has 3 rings (SSSR count). The Morgan fingerprint density at radius 2 is 1.36 bits per heavy atom. The molecule has 45 heavy (non-hydrogen) atoms. The van der Waals surface area contributed by atoms with Crippen molar-refractivity contribution < 1.29 is 51.9 Å². The molecule has 0 saturated heterocycles. The lowest BCUT2D eigenvalue weighted by Crippen LogP contribution is -2.23. The fraction of sp³-hybridized carbons (Fsp3) is 0.533. The molecular formula is C30H41N3O12. The zero-order valence-electron chi connectivity index (χ0n) is 26.1. The van der Waals surface area contributed by atoms with Crippen LogP contribution in [0.15, 0.2) is 15.3 Å². The average Bonchev–Trinajstić information content (AvgIpc) is 3.02. The molecule has 0 amide bonds. The number of rotatable bonds is 20. The fourth-order valence-electron chi connectivity index (χ4n) is 4.06. The predicted molar refractivity (Wildman–Crippen MR) is 163 cm³/mol. The molecule has 2 aliphatic rings. The molecule has 0 aromatic heterocycles. The molecule has 0 unspecified atom stereocenters. The van der Waals surface area contributed by atoms with Gasteiger partial charge >= 0.3 is 11.9 Å². The molecule has 0 saturated carbocycles. The van der Waals surface area contributed by atoms with Crippen molar-refractivity contribution in [3.63, 3.8) is 0 Å². The lowest BCUT2D eigenvalue weighted by molar-refractivity contribution is -0.135. The predicted octanol–water partition coefficient (Wildman–Crippen LogP) is 1.89. The highest BCUT2D eigenvalue weighted by atomic mass is 16.6. The van der Waals surface area contributed by atoms with Crippen molar-refractivity contribution >= 4 is 34.4 Å². The standard InChI is InChI=1S/C30H41N3O12/c1-18-20(31)17-21(44-22(34)5-6-39-11-12-40-9-7-37-3)25-28(18)45-29-19(2)27(35)24(32)23(26(29)33-25)30(36)43-16-15-42-14-13-41-10-8-38-4/h17H,5-16,31-32H2,1-4H3. The number of nitrogen functional groups attached to an aromatic ring is 2. The Morgan fingerprint density at radius 1 is 0.800 bits per heavy atom. The van der Waals surface area contributed by atoms with Gasteiger partial charge in [-0.2, -0.15) is 0 Å². The van der Waals surface area contributed by atoms with Crippen LogP contribution in [0.25, 0.3) is 22.6 Å². The van der Waals surface area contributed by atoms with Crippen molar-refractivity contribution in [2.45, 2.75) is 20.3 Å². The Bertz CT molecular complexity index is 1460. The highest BCUT2D eigenvalue weighted by Crippen LogP contribution is 2.38. The number of aromatic nitrogens is 1. The number of nitrogens with two attached hydrogens (primary N) is 2. The summed E-state index contributed by atoms with van der Waals surface area (Å²) in [4.78, 5) is 43.4. The first kappa shape index (κ1) is 35.6. The Kier molecular flexibility index (Phi) is 14.4. The molecule has 1 aromatic rings. The van der Waals surface area contributed by atoms with Gasteiger partial charge in [0.2, 0.25) is 5.43 Å². The van der Waals surface area contributed by atoms with E-state index in [4.69, 9.17) is 53.8 Å². The highest BCUT2D eigenvalue weighted by molar-refractivity contribution is 6.03. The minimum Gasteiger partial charge on any atom is -0.460 e. The van der Waals surface area contributed by atoms with Crippen LogP contribution in [0, 0.1) is 13.8 Å². The SMILES string of the molecule is COCCOCCOCCOC(=O)c1c2nc3c(OC(=O)CCOCCOCCOC)cc(N)c(C)c3oc-2c(C)c(=O)c1N. The second kappa shape index (κ2) is 18.2. The van der Waals surface area contributed by atoms with Gasteiger partial charge in [0.1, 0.15) is 23.4 Å². The number of aryl methyl sites for hydroxylation is 1. The molecule has 1 heterocycles. The van der Waals surface area contributed by atoms with E-state index in [-0.39, 0.29) is 83.7 Å². The van der Waals surface area contributed by atoms with Crippen LogP contribution < -0.4 is 21.6 Å². The van der Waals surface area contributed by atoms with Gasteiger partial charge in [-0.15, -0.1) is 0 Å². The van der Waals surface area contributed by atoms with Crippen molar-refractivity contribution in [2.24, 2.45) is 0 Å². The molecule has 1 aromatic carbocycles. The summed E-state index contributed by atoms with van der Waals surface area (Å²) in [5, 5.41) is 0. The normalized spacial score (nSPS) is 11.4. The van der Waals surface area contributed by atoms with E-state index in [1.807, 2.05) is 0 Å². The van der Waals surface area contributed by atoms with Gasteiger partial charge < -0.3 is 53.8 Å². The Labute approximate surface area is 260 Å². The van der Waals surface area contributed by atoms with Gasteiger partial charge in [-0.25, -0.2) is 9.78 Å². The molecule has 15 heteroatoms. The van der Waals surface area contributed by atoms with E-state index in [1.54, 1.807) is 21.1 Å². The van der Waals surface area contributed by atoms with Crippen molar-refractivity contribution in [1.82, 2.24) is 4.98 Å². The second-order valence-corrected chi connectivity index (χ2v) is 9.70. The number of anilines is 2. The van der Waals surface area contributed by atoms with E-state index >= 15 is 0 Å². The van der Waals surface area contributed by atoms with E-state index < -0.39 is 17.4 Å². The number of carbonyl (C=O) groups excluding carboxylic acids is 2. The smallest absolute Gasteiger partial charge is 0.342 e. The van der Waals surface area contributed by atoms with E-state index in [0.29, 0.717) is 51.8 Å². The van der Waals surface area contributed by atoms with E-state index in [2.05, 4.69) is 4.98 Å². The number of fused-ring (bicyclic) bond motifs is 2. The number of nitrogens with zero attached hydrogens (tertiary/aromatic N) is 1. The van der Waals surface area contributed by atoms with E-state index in [0.717, 1.165) is 0 Å². The summed E-state index contributed by atoms with van der Waals surface area (Å²) in [7, 11) is 3.16. The van der Waals surface area contributed by atoms with Crippen LogP contribution in [0.1, 0.15) is 27.9 Å². The summed E-state index contributed by atoms with van der Waals surface area (Å²) in [5.41, 5.74) is 12.2. The molecule has 248 valence electrons. The maximum atomic E-state index is 13.2. The maximum Gasteiger partial charge on any atom is 0.342 e. The van der Waals surface area contributed by atoms with Gasteiger partial charge in [-0.3, -0.25) is 9.59 Å². The largest absolute Gasteiger partial charge is 0.460 e. The molecule has 1 aliphatic heterocycles. The molecule has 0 spiro atoms. The van der Waals surface area contributed by atoms with Crippen LogP contribution >= 0.6 is 0 Å². The van der Waals surface area contributed by atoms with Gasteiger partial charge in [-0.05, 0) is 13.8 Å². The third-order valence-electron chi connectivity index (χ3n) is 6.53. The first-order chi connectivity index (χ1) is 21.7. The Balaban J connectivity index is 1.79. The first-order valence-electron chi connectivity index (χ1n) is 14.3. The van der Waals surface area contributed by atoms with Crippen LogP contribution in [0.3, 0.4) is 0 Å². The van der Waals surface area contributed by atoms with Crippen LogP contribution in [0.2, 0.25) is 0 Å².